The van der Waals surface area contributed by atoms with Gasteiger partial charge < -0.3 is 15.0 Å². The van der Waals surface area contributed by atoms with Crippen LogP contribution in [-0.2, 0) is 0 Å². The summed E-state index contributed by atoms with van der Waals surface area (Å²) in [5.41, 5.74) is 1.44. The number of hydrogen-bond acceptors (Lipinski definition) is 3. The van der Waals surface area contributed by atoms with E-state index in [2.05, 4.69) is 5.32 Å². The van der Waals surface area contributed by atoms with Gasteiger partial charge in [-0.15, -0.1) is 11.8 Å². The summed E-state index contributed by atoms with van der Waals surface area (Å²) in [4.78, 5) is 14.5. The van der Waals surface area contributed by atoms with Crippen molar-refractivity contribution < 1.29 is 13.9 Å². The van der Waals surface area contributed by atoms with E-state index in [4.69, 9.17) is 4.74 Å². The Hall–Kier alpha value is -2.99. The van der Waals surface area contributed by atoms with E-state index in [1.807, 2.05) is 54.6 Å². The minimum Gasteiger partial charge on any atom is -0.457 e. The summed E-state index contributed by atoms with van der Waals surface area (Å²) in [5.74, 6) is 1.95. The van der Waals surface area contributed by atoms with Crippen LogP contribution in [0.15, 0.2) is 78.9 Å². The predicted molar refractivity (Wildman–Crippen MR) is 110 cm³/mol. The number of rotatable bonds is 4. The lowest BCUT2D eigenvalue weighted by Gasteiger charge is -2.24. The van der Waals surface area contributed by atoms with Crippen LogP contribution >= 0.6 is 11.8 Å². The van der Waals surface area contributed by atoms with Crippen LogP contribution in [0.25, 0.3) is 0 Å². The third-order valence-electron chi connectivity index (χ3n) is 4.35. The zero-order valence-corrected chi connectivity index (χ0v) is 15.9. The number of benzene rings is 3. The maximum absolute atomic E-state index is 13.4. The number of ether oxygens (including phenoxy) is 1. The Morgan fingerprint density at radius 1 is 1.00 bits per heavy atom. The summed E-state index contributed by atoms with van der Waals surface area (Å²) in [6.45, 7) is 0.625. The highest BCUT2D eigenvalue weighted by atomic mass is 32.2. The van der Waals surface area contributed by atoms with E-state index in [9.17, 15) is 9.18 Å². The van der Waals surface area contributed by atoms with Crippen molar-refractivity contribution in [3.8, 4) is 11.5 Å². The van der Waals surface area contributed by atoms with Gasteiger partial charge in [-0.2, -0.15) is 0 Å². The van der Waals surface area contributed by atoms with Crippen LogP contribution < -0.4 is 10.1 Å². The van der Waals surface area contributed by atoms with Gasteiger partial charge in [0.05, 0.1) is 0 Å². The second-order valence-electron chi connectivity index (χ2n) is 6.34. The van der Waals surface area contributed by atoms with Gasteiger partial charge >= 0.3 is 6.03 Å². The second kappa shape index (κ2) is 8.35. The van der Waals surface area contributed by atoms with Gasteiger partial charge in [0.15, 0.2) is 0 Å². The van der Waals surface area contributed by atoms with Gasteiger partial charge in [0.1, 0.15) is 22.7 Å². The second-order valence-corrected chi connectivity index (χ2v) is 7.53. The Labute approximate surface area is 167 Å². The minimum atomic E-state index is -0.379. The molecule has 0 bridgehead atoms. The molecule has 0 radical (unpaired) electrons. The predicted octanol–water partition coefficient (Wildman–Crippen LogP) is 5.90. The van der Waals surface area contributed by atoms with E-state index >= 15 is 0 Å². The molecule has 1 heterocycles. The molecular formula is C22H19FN2O2S. The third kappa shape index (κ3) is 4.28. The van der Waals surface area contributed by atoms with Crippen molar-refractivity contribution in [1.29, 1.82) is 0 Å². The van der Waals surface area contributed by atoms with Crippen molar-refractivity contribution in [2.24, 2.45) is 0 Å². The summed E-state index contributed by atoms with van der Waals surface area (Å²) in [7, 11) is 0. The number of carbonyl (C=O) groups is 1. The van der Waals surface area contributed by atoms with Crippen molar-refractivity contribution in [1.82, 2.24) is 4.90 Å². The first kappa shape index (κ1) is 18.4. The molecule has 28 heavy (non-hydrogen) atoms. The highest BCUT2D eigenvalue weighted by molar-refractivity contribution is 7.99. The fraction of sp³-hybridized carbons (Fsp3) is 0.136. The number of thioether (sulfide) groups is 1. The molecule has 3 aromatic rings. The van der Waals surface area contributed by atoms with Gasteiger partial charge in [0.25, 0.3) is 0 Å². The molecule has 0 aromatic heterocycles. The van der Waals surface area contributed by atoms with Crippen LogP contribution in [0.2, 0.25) is 0 Å². The number of hydrogen-bond donors (Lipinski definition) is 1. The average Bonchev–Trinajstić information content (AvgIpc) is 3.19. The lowest BCUT2D eigenvalue weighted by atomic mass is 10.2. The highest BCUT2D eigenvalue weighted by Gasteiger charge is 2.31. The first-order chi connectivity index (χ1) is 13.7. The monoisotopic (exact) mass is 394 g/mol. The smallest absolute Gasteiger partial charge is 0.323 e. The van der Waals surface area contributed by atoms with E-state index in [0.717, 1.165) is 22.8 Å². The van der Waals surface area contributed by atoms with Crippen LogP contribution in [0.1, 0.15) is 10.9 Å². The van der Waals surface area contributed by atoms with Crippen LogP contribution in [0.4, 0.5) is 14.9 Å². The number of urea groups is 1. The maximum atomic E-state index is 13.4. The lowest BCUT2D eigenvalue weighted by Crippen LogP contribution is -2.34. The van der Waals surface area contributed by atoms with Crippen LogP contribution in [0.5, 0.6) is 11.5 Å². The number of amides is 2. The Morgan fingerprint density at radius 2 is 1.79 bits per heavy atom. The number of carbonyl (C=O) groups excluding carboxylic acids is 1. The molecule has 0 aliphatic carbocycles. The van der Waals surface area contributed by atoms with Gasteiger partial charge in [-0.3, -0.25) is 0 Å². The van der Waals surface area contributed by atoms with Gasteiger partial charge in [-0.1, -0.05) is 36.4 Å². The van der Waals surface area contributed by atoms with Crippen molar-refractivity contribution in [3.05, 3.63) is 90.2 Å². The molecule has 2 amide bonds. The summed E-state index contributed by atoms with van der Waals surface area (Å²) >= 11 is 1.70. The van der Waals surface area contributed by atoms with E-state index < -0.39 is 0 Å². The van der Waals surface area contributed by atoms with E-state index in [1.165, 1.54) is 12.1 Å². The number of nitrogens with zero attached hydrogens (tertiary/aromatic N) is 1. The van der Waals surface area contributed by atoms with Gasteiger partial charge in [0, 0.05) is 18.0 Å². The zero-order valence-electron chi connectivity index (χ0n) is 15.0. The summed E-state index contributed by atoms with van der Waals surface area (Å²) in [6.07, 6.45) is 0. The summed E-state index contributed by atoms with van der Waals surface area (Å²) < 4.78 is 19.3. The molecule has 142 valence electrons. The molecule has 1 aliphatic heterocycles. The molecule has 1 unspecified atom stereocenters. The molecule has 1 aliphatic rings. The Bertz CT molecular complexity index is 968. The molecule has 1 atom stereocenters. The topological polar surface area (TPSA) is 41.6 Å². The molecule has 1 N–H and O–H groups in total. The number of para-hydroxylation sites is 1. The van der Waals surface area contributed by atoms with Crippen molar-refractivity contribution in [3.63, 3.8) is 0 Å². The zero-order chi connectivity index (χ0) is 19.3. The van der Waals surface area contributed by atoms with Crippen molar-refractivity contribution >= 4 is 23.5 Å². The van der Waals surface area contributed by atoms with E-state index in [-0.39, 0.29) is 17.2 Å². The molecule has 3 aromatic carbocycles. The van der Waals surface area contributed by atoms with Crippen LogP contribution in [0.3, 0.4) is 0 Å². The molecule has 1 saturated heterocycles. The maximum Gasteiger partial charge on any atom is 0.323 e. The normalized spacial score (nSPS) is 16.0. The van der Waals surface area contributed by atoms with Crippen molar-refractivity contribution in [2.45, 2.75) is 5.37 Å². The molecule has 0 spiro atoms. The fourth-order valence-electron chi connectivity index (χ4n) is 3.07. The minimum absolute atomic E-state index is 0.118. The Kier molecular flexibility index (Phi) is 5.48. The molecule has 4 nitrogen and oxygen atoms in total. The first-order valence-corrected chi connectivity index (χ1v) is 10.0. The Morgan fingerprint density at radius 3 is 2.61 bits per heavy atom. The molecule has 1 fully saturated rings. The standard InChI is InChI=1S/C22H19FN2O2S/c23-17-7-5-8-18(15-17)24-22(26)25-12-13-28-21(25)16-6-4-11-20(14-16)27-19-9-2-1-3-10-19/h1-11,14-15,21H,12-13H2,(H,24,26). The van der Waals surface area contributed by atoms with Gasteiger partial charge in [0.2, 0.25) is 0 Å². The molecular weight excluding hydrogens is 375 g/mol. The largest absolute Gasteiger partial charge is 0.457 e. The lowest BCUT2D eigenvalue weighted by molar-refractivity contribution is 0.214. The molecule has 0 saturated carbocycles. The van der Waals surface area contributed by atoms with E-state index in [1.54, 1.807) is 28.8 Å². The number of anilines is 1. The fourth-order valence-corrected chi connectivity index (χ4v) is 4.32. The number of nitrogens with one attached hydrogen (secondary N) is 1. The van der Waals surface area contributed by atoms with E-state index in [0.29, 0.717) is 12.2 Å². The van der Waals surface area contributed by atoms with Crippen LogP contribution in [0, 0.1) is 5.82 Å². The summed E-state index contributed by atoms with van der Waals surface area (Å²) in [5, 5.41) is 2.66. The average molecular weight is 394 g/mol. The van der Waals surface area contributed by atoms with Crippen molar-refractivity contribution in [2.75, 3.05) is 17.6 Å². The van der Waals surface area contributed by atoms with Gasteiger partial charge in [-0.05, 0) is 48.0 Å². The molecule has 4 rings (SSSR count). The first-order valence-electron chi connectivity index (χ1n) is 8.97. The highest BCUT2D eigenvalue weighted by Crippen LogP contribution is 2.39. The number of halogens is 1. The summed E-state index contributed by atoms with van der Waals surface area (Å²) in [6, 6.07) is 23.0. The van der Waals surface area contributed by atoms with Gasteiger partial charge in [-0.25, -0.2) is 9.18 Å². The SMILES string of the molecule is O=C(Nc1cccc(F)c1)N1CCSC1c1cccc(Oc2ccccc2)c1. The molecule has 6 heteroatoms. The quantitative estimate of drug-likeness (QED) is 0.599. The Balaban J connectivity index is 1.50. The van der Waals surface area contributed by atoms with Crippen LogP contribution in [-0.4, -0.2) is 23.2 Å². The third-order valence-corrected chi connectivity index (χ3v) is 5.61.